The van der Waals surface area contributed by atoms with Crippen LogP contribution in [0.15, 0.2) is 12.1 Å². The minimum absolute atomic E-state index is 0.258. The maximum atomic E-state index is 12.4. The van der Waals surface area contributed by atoms with E-state index in [4.69, 9.17) is 4.74 Å². The average Bonchev–Trinajstić information content (AvgIpc) is 2.87. The molecule has 0 saturated carbocycles. The van der Waals surface area contributed by atoms with E-state index < -0.39 is 17.9 Å². The second-order valence-corrected chi connectivity index (χ2v) is 4.38. The molecule has 1 fully saturated rings. The third-order valence-corrected chi connectivity index (χ3v) is 3.05. The van der Waals surface area contributed by atoms with Gasteiger partial charge in [-0.3, -0.25) is 0 Å². The van der Waals surface area contributed by atoms with E-state index in [9.17, 15) is 18.0 Å². The summed E-state index contributed by atoms with van der Waals surface area (Å²) in [6.45, 7) is 2.51. The first-order valence-electron chi connectivity index (χ1n) is 6.27. The van der Waals surface area contributed by atoms with Crippen molar-refractivity contribution in [2.24, 2.45) is 0 Å². The Bertz CT molecular complexity index is 476. The molecule has 0 aromatic carbocycles. The van der Waals surface area contributed by atoms with Crippen LogP contribution in [0.5, 0.6) is 0 Å². The number of alkyl halides is 3. The quantitative estimate of drug-likeness (QED) is 0.797. The molecule has 1 aromatic heterocycles. The fourth-order valence-corrected chi connectivity index (χ4v) is 2.15. The molecule has 0 aliphatic carbocycles. The average molecular weight is 289 g/mol. The van der Waals surface area contributed by atoms with Gasteiger partial charge >= 0.3 is 12.1 Å². The van der Waals surface area contributed by atoms with Crippen molar-refractivity contribution in [3.8, 4) is 0 Å². The summed E-state index contributed by atoms with van der Waals surface area (Å²) in [4.78, 5) is 13.4. The van der Waals surface area contributed by atoms with Crippen molar-refractivity contribution < 1.29 is 22.7 Å². The predicted octanol–water partition coefficient (Wildman–Crippen LogP) is 2.03. The van der Waals surface area contributed by atoms with Gasteiger partial charge in [0.1, 0.15) is 6.04 Å². The second kappa shape index (κ2) is 5.64. The molecular weight excluding hydrogens is 275 g/mol. The minimum atomic E-state index is -4.52. The Morgan fingerprint density at radius 2 is 2.20 bits per heavy atom. The fourth-order valence-electron chi connectivity index (χ4n) is 2.15. The van der Waals surface area contributed by atoms with Gasteiger partial charge in [0, 0.05) is 6.54 Å². The summed E-state index contributed by atoms with van der Waals surface area (Å²) in [5.41, 5.74) is -1.05. The molecule has 1 unspecified atom stereocenters. The number of carbonyl (C=O) groups excluding carboxylic acids is 1. The molecule has 1 aromatic rings. The number of rotatable bonds is 3. The molecule has 0 amide bonds. The highest BCUT2D eigenvalue weighted by Gasteiger charge is 2.35. The standard InChI is InChI=1S/C12H14F3N3O2/c1-2-20-11(19)8-4-3-7-18(8)10-6-5-9(16-17-10)12(13,14)15/h5-6,8H,2-4,7H2,1H3. The number of carbonyl (C=O) groups is 1. The van der Waals surface area contributed by atoms with Crippen LogP contribution in [0.1, 0.15) is 25.5 Å². The Labute approximate surface area is 113 Å². The van der Waals surface area contributed by atoms with Crippen molar-refractivity contribution in [2.75, 3.05) is 18.1 Å². The highest BCUT2D eigenvalue weighted by molar-refractivity contribution is 5.80. The Morgan fingerprint density at radius 1 is 1.45 bits per heavy atom. The monoisotopic (exact) mass is 289 g/mol. The van der Waals surface area contributed by atoms with E-state index in [0.717, 1.165) is 12.5 Å². The number of anilines is 1. The van der Waals surface area contributed by atoms with Gasteiger partial charge in [0.15, 0.2) is 11.5 Å². The maximum Gasteiger partial charge on any atom is 0.435 e. The Morgan fingerprint density at radius 3 is 2.75 bits per heavy atom. The summed E-state index contributed by atoms with van der Waals surface area (Å²) in [6.07, 6.45) is -3.16. The highest BCUT2D eigenvalue weighted by Crippen LogP contribution is 2.29. The van der Waals surface area contributed by atoms with Crippen LogP contribution in [0, 0.1) is 0 Å². The lowest BCUT2D eigenvalue weighted by molar-refractivity contribution is -0.144. The fraction of sp³-hybridized carbons (Fsp3) is 0.583. The minimum Gasteiger partial charge on any atom is -0.464 e. The SMILES string of the molecule is CCOC(=O)C1CCCN1c1ccc(C(F)(F)F)nn1. The molecule has 1 saturated heterocycles. The van der Waals surface area contributed by atoms with Gasteiger partial charge in [-0.25, -0.2) is 4.79 Å². The first kappa shape index (κ1) is 14.5. The smallest absolute Gasteiger partial charge is 0.435 e. The van der Waals surface area contributed by atoms with Gasteiger partial charge in [0.25, 0.3) is 0 Å². The van der Waals surface area contributed by atoms with Gasteiger partial charge < -0.3 is 9.64 Å². The largest absolute Gasteiger partial charge is 0.464 e. The molecule has 110 valence electrons. The lowest BCUT2D eigenvalue weighted by Crippen LogP contribution is -2.38. The number of aromatic nitrogens is 2. The van der Waals surface area contributed by atoms with Gasteiger partial charge in [-0.1, -0.05) is 0 Å². The molecule has 0 bridgehead atoms. The molecule has 0 radical (unpaired) electrons. The summed E-state index contributed by atoms with van der Waals surface area (Å²) >= 11 is 0. The molecule has 2 rings (SSSR count). The maximum absolute atomic E-state index is 12.4. The van der Waals surface area contributed by atoms with Crippen LogP contribution < -0.4 is 4.90 Å². The lowest BCUT2D eigenvalue weighted by atomic mass is 10.2. The third-order valence-electron chi connectivity index (χ3n) is 3.05. The van der Waals surface area contributed by atoms with E-state index in [2.05, 4.69) is 10.2 Å². The molecule has 1 aliphatic rings. The molecule has 1 aliphatic heterocycles. The molecule has 20 heavy (non-hydrogen) atoms. The zero-order chi connectivity index (χ0) is 14.8. The van der Waals surface area contributed by atoms with Crippen LogP contribution in [0.3, 0.4) is 0 Å². The zero-order valence-corrected chi connectivity index (χ0v) is 10.9. The number of halogens is 3. The molecular formula is C12H14F3N3O2. The molecule has 5 nitrogen and oxygen atoms in total. The molecule has 1 atom stereocenters. The van der Waals surface area contributed by atoms with Crippen LogP contribution in [0.25, 0.3) is 0 Å². The van der Waals surface area contributed by atoms with Crippen molar-refractivity contribution in [1.29, 1.82) is 0 Å². The molecule has 8 heteroatoms. The Balaban J connectivity index is 2.16. The van der Waals surface area contributed by atoms with E-state index in [1.54, 1.807) is 11.8 Å². The number of hydrogen-bond acceptors (Lipinski definition) is 5. The first-order chi connectivity index (χ1) is 9.43. The number of esters is 1. The van der Waals surface area contributed by atoms with Gasteiger partial charge in [-0.2, -0.15) is 13.2 Å². The Kier molecular flexibility index (Phi) is 4.10. The van der Waals surface area contributed by atoms with E-state index in [-0.39, 0.29) is 18.4 Å². The van der Waals surface area contributed by atoms with Crippen LogP contribution in [0.2, 0.25) is 0 Å². The Hall–Kier alpha value is -1.86. The third kappa shape index (κ3) is 3.00. The van der Waals surface area contributed by atoms with Gasteiger partial charge in [0.2, 0.25) is 0 Å². The van der Waals surface area contributed by atoms with Crippen molar-refractivity contribution in [3.63, 3.8) is 0 Å². The van der Waals surface area contributed by atoms with Crippen molar-refractivity contribution in [2.45, 2.75) is 32.0 Å². The summed E-state index contributed by atoms with van der Waals surface area (Å²) in [7, 11) is 0. The van der Waals surface area contributed by atoms with E-state index in [1.807, 2.05) is 0 Å². The van der Waals surface area contributed by atoms with E-state index in [0.29, 0.717) is 13.0 Å². The summed E-state index contributed by atoms with van der Waals surface area (Å²) in [6, 6.07) is 1.59. The summed E-state index contributed by atoms with van der Waals surface area (Å²) < 4.78 is 42.2. The molecule has 2 heterocycles. The first-order valence-corrected chi connectivity index (χ1v) is 6.27. The van der Waals surface area contributed by atoms with Crippen LogP contribution in [0.4, 0.5) is 19.0 Å². The zero-order valence-electron chi connectivity index (χ0n) is 10.9. The second-order valence-electron chi connectivity index (χ2n) is 4.38. The number of hydrogen-bond donors (Lipinski definition) is 0. The summed E-state index contributed by atoms with van der Waals surface area (Å²) in [5.74, 6) is -0.125. The van der Waals surface area contributed by atoms with Crippen LogP contribution in [-0.2, 0) is 15.7 Å². The van der Waals surface area contributed by atoms with Crippen molar-refractivity contribution in [1.82, 2.24) is 10.2 Å². The topological polar surface area (TPSA) is 55.3 Å². The number of ether oxygens (including phenoxy) is 1. The summed E-state index contributed by atoms with van der Waals surface area (Å²) in [5, 5.41) is 6.73. The lowest BCUT2D eigenvalue weighted by Gasteiger charge is -2.23. The van der Waals surface area contributed by atoms with E-state index in [1.165, 1.54) is 6.07 Å². The number of nitrogens with zero attached hydrogens (tertiary/aromatic N) is 3. The van der Waals surface area contributed by atoms with E-state index >= 15 is 0 Å². The van der Waals surface area contributed by atoms with Gasteiger partial charge in [0.05, 0.1) is 6.61 Å². The predicted molar refractivity (Wildman–Crippen MR) is 64.0 cm³/mol. The normalized spacial score (nSPS) is 19.2. The van der Waals surface area contributed by atoms with Gasteiger partial charge in [-0.15, -0.1) is 10.2 Å². The molecule has 0 N–H and O–H groups in total. The van der Waals surface area contributed by atoms with Crippen molar-refractivity contribution >= 4 is 11.8 Å². The van der Waals surface area contributed by atoms with Crippen LogP contribution >= 0.6 is 0 Å². The highest BCUT2D eigenvalue weighted by atomic mass is 19.4. The van der Waals surface area contributed by atoms with Gasteiger partial charge in [-0.05, 0) is 31.9 Å². The van der Waals surface area contributed by atoms with Crippen molar-refractivity contribution in [3.05, 3.63) is 17.8 Å². The van der Waals surface area contributed by atoms with Crippen LogP contribution in [-0.4, -0.2) is 35.4 Å². The molecule has 0 spiro atoms.